The summed E-state index contributed by atoms with van der Waals surface area (Å²) in [6, 6.07) is 10.5. The number of nitrogens with one attached hydrogen (secondary N) is 4. The number of hydrogen-bond acceptors (Lipinski definition) is 6. The molecule has 0 radical (unpaired) electrons. The van der Waals surface area contributed by atoms with Gasteiger partial charge in [-0.2, -0.15) is 0 Å². The highest BCUT2D eigenvalue weighted by molar-refractivity contribution is 5.98. The van der Waals surface area contributed by atoms with Gasteiger partial charge >= 0.3 is 6.03 Å². The van der Waals surface area contributed by atoms with Gasteiger partial charge in [-0.25, -0.2) is 4.79 Å². The molecular formula is C25H34N4O6. The first-order valence-corrected chi connectivity index (χ1v) is 11.6. The van der Waals surface area contributed by atoms with E-state index in [9.17, 15) is 14.4 Å². The Kier molecular flexibility index (Phi) is 10.7. The van der Waals surface area contributed by atoms with Gasteiger partial charge in [0.1, 0.15) is 6.04 Å². The number of urea groups is 1. The van der Waals surface area contributed by atoms with Crippen molar-refractivity contribution in [2.24, 2.45) is 5.92 Å². The van der Waals surface area contributed by atoms with Crippen molar-refractivity contribution in [2.45, 2.75) is 40.7 Å². The van der Waals surface area contributed by atoms with E-state index in [1.807, 2.05) is 26.8 Å². The molecule has 0 spiro atoms. The average molecular weight is 487 g/mol. The Bertz CT molecular complexity index is 970. The van der Waals surface area contributed by atoms with Gasteiger partial charge in [0.15, 0.2) is 11.5 Å². The molecule has 2 aromatic carbocycles. The second-order valence-electron chi connectivity index (χ2n) is 7.73. The normalized spacial score (nSPS) is 11.3. The average Bonchev–Trinajstić information content (AvgIpc) is 2.83. The third-order valence-electron chi connectivity index (χ3n) is 4.74. The van der Waals surface area contributed by atoms with Crippen LogP contribution in [0.4, 0.5) is 10.5 Å². The lowest BCUT2D eigenvalue weighted by Gasteiger charge is -2.22. The van der Waals surface area contributed by atoms with Crippen LogP contribution in [-0.4, -0.2) is 43.7 Å². The minimum atomic E-state index is -0.891. The molecule has 10 nitrogen and oxygen atoms in total. The highest BCUT2D eigenvalue weighted by Gasteiger charge is 2.25. The summed E-state index contributed by atoms with van der Waals surface area (Å²) in [7, 11) is 0. The summed E-state index contributed by atoms with van der Waals surface area (Å²) >= 11 is 0. The Labute approximate surface area is 205 Å². The van der Waals surface area contributed by atoms with E-state index in [0.29, 0.717) is 42.8 Å². The lowest BCUT2D eigenvalue weighted by molar-refractivity contribution is -0.124. The second kappa shape index (κ2) is 13.7. The molecule has 0 saturated heterocycles. The number of ether oxygens (including phenoxy) is 3. The zero-order valence-corrected chi connectivity index (χ0v) is 20.8. The van der Waals surface area contributed by atoms with Gasteiger partial charge < -0.3 is 24.8 Å². The van der Waals surface area contributed by atoms with E-state index in [1.54, 1.807) is 38.1 Å². The molecule has 2 rings (SSSR count). The Balaban J connectivity index is 2.09. The summed E-state index contributed by atoms with van der Waals surface area (Å²) in [5.41, 5.74) is 5.56. The lowest BCUT2D eigenvalue weighted by atomic mass is 10.0. The van der Waals surface area contributed by atoms with Crippen LogP contribution in [0.5, 0.6) is 17.2 Å². The van der Waals surface area contributed by atoms with Gasteiger partial charge in [0.2, 0.25) is 5.75 Å². The summed E-state index contributed by atoms with van der Waals surface area (Å²) in [5.74, 6) is -0.275. The lowest BCUT2D eigenvalue weighted by Crippen LogP contribution is -2.55. The van der Waals surface area contributed by atoms with Crippen molar-refractivity contribution in [3.63, 3.8) is 0 Å². The molecule has 0 aromatic heterocycles. The van der Waals surface area contributed by atoms with Crippen molar-refractivity contribution in [1.29, 1.82) is 0 Å². The summed E-state index contributed by atoms with van der Waals surface area (Å²) in [5, 5.41) is 5.30. The molecule has 10 heteroatoms. The summed E-state index contributed by atoms with van der Waals surface area (Å²) in [6.45, 7) is 10.1. The molecule has 0 aliphatic rings. The molecule has 1 unspecified atom stereocenters. The molecule has 0 aliphatic heterocycles. The fraction of sp³-hybridized carbons (Fsp3) is 0.400. The first-order valence-electron chi connectivity index (χ1n) is 11.6. The second-order valence-corrected chi connectivity index (χ2v) is 7.73. The third kappa shape index (κ3) is 8.09. The monoisotopic (exact) mass is 486 g/mol. The molecule has 190 valence electrons. The maximum absolute atomic E-state index is 12.8. The van der Waals surface area contributed by atoms with Crippen LogP contribution in [0.1, 0.15) is 45.0 Å². The molecule has 0 heterocycles. The van der Waals surface area contributed by atoms with Crippen molar-refractivity contribution >= 4 is 23.5 Å². The zero-order chi connectivity index (χ0) is 25.8. The van der Waals surface area contributed by atoms with Crippen LogP contribution < -0.4 is 35.7 Å². The Morgan fingerprint density at radius 3 is 1.91 bits per heavy atom. The van der Waals surface area contributed by atoms with Crippen molar-refractivity contribution in [3.05, 3.63) is 48.0 Å². The Hall–Kier alpha value is -3.95. The highest BCUT2D eigenvalue weighted by Crippen LogP contribution is 2.39. The van der Waals surface area contributed by atoms with E-state index >= 15 is 0 Å². The molecule has 0 fully saturated rings. The smallest absolute Gasteiger partial charge is 0.319 e. The van der Waals surface area contributed by atoms with Crippen molar-refractivity contribution in [2.75, 3.05) is 25.1 Å². The van der Waals surface area contributed by atoms with Crippen LogP contribution in [0.15, 0.2) is 42.5 Å². The summed E-state index contributed by atoms with van der Waals surface area (Å²) in [6.07, 6.45) is 0. The largest absolute Gasteiger partial charge is 0.490 e. The van der Waals surface area contributed by atoms with Gasteiger partial charge in [-0.05, 0) is 51.0 Å². The molecular weight excluding hydrogens is 452 g/mol. The number of para-hydroxylation sites is 1. The van der Waals surface area contributed by atoms with E-state index in [1.165, 1.54) is 12.1 Å². The van der Waals surface area contributed by atoms with Gasteiger partial charge in [-0.3, -0.25) is 20.4 Å². The van der Waals surface area contributed by atoms with Gasteiger partial charge in [-0.1, -0.05) is 32.0 Å². The van der Waals surface area contributed by atoms with E-state index in [4.69, 9.17) is 14.2 Å². The van der Waals surface area contributed by atoms with E-state index in [-0.39, 0.29) is 11.5 Å². The molecule has 1 atom stereocenters. The number of benzene rings is 2. The molecule has 35 heavy (non-hydrogen) atoms. The number of carbonyl (C=O) groups excluding carboxylic acids is 3. The number of anilines is 1. The van der Waals surface area contributed by atoms with Gasteiger partial charge in [0.05, 0.1) is 19.8 Å². The van der Waals surface area contributed by atoms with Crippen molar-refractivity contribution < 1.29 is 28.6 Å². The Morgan fingerprint density at radius 1 is 0.829 bits per heavy atom. The van der Waals surface area contributed by atoms with Crippen LogP contribution in [0.25, 0.3) is 0 Å². The molecule has 0 bridgehead atoms. The van der Waals surface area contributed by atoms with Crippen LogP contribution in [-0.2, 0) is 4.79 Å². The van der Waals surface area contributed by atoms with Crippen molar-refractivity contribution in [1.82, 2.24) is 16.2 Å². The molecule has 4 N–H and O–H groups in total. The maximum Gasteiger partial charge on any atom is 0.319 e. The minimum Gasteiger partial charge on any atom is -0.490 e. The standard InChI is InChI=1S/C25H34N4O6/c1-6-33-19-14-17(15-20(34-7-2)22(19)35-8-3)23(30)28-29-24(31)21(16(4)5)27-25(32)26-18-12-10-9-11-13-18/h9-16,21H,6-8H2,1-5H3,(H,28,30)(H,29,31)(H2,26,27,32). The SMILES string of the molecule is CCOc1cc(C(=O)NNC(=O)C(NC(=O)Nc2ccccc2)C(C)C)cc(OCC)c1OCC. The molecule has 0 aliphatic carbocycles. The van der Waals surface area contributed by atoms with E-state index < -0.39 is 23.9 Å². The number of carbonyl (C=O) groups is 3. The maximum atomic E-state index is 12.8. The number of hydrogen-bond donors (Lipinski definition) is 4. The molecule has 2 aromatic rings. The van der Waals surface area contributed by atoms with Crippen LogP contribution in [0.3, 0.4) is 0 Å². The fourth-order valence-corrected chi connectivity index (χ4v) is 3.15. The minimum absolute atomic E-state index is 0.205. The van der Waals surface area contributed by atoms with Gasteiger partial charge in [0.25, 0.3) is 11.8 Å². The molecule has 4 amide bonds. The molecule has 0 saturated carbocycles. The van der Waals surface area contributed by atoms with Crippen LogP contribution in [0, 0.1) is 5.92 Å². The predicted octanol–water partition coefficient (Wildman–Crippen LogP) is 3.49. The van der Waals surface area contributed by atoms with Gasteiger partial charge in [-0.15, -0.1) is 0 Å². The van der Waals surface area contributed by atoms with Crippen LogP contribution >= 0.6 is 0 Å². The zero-order valence-electron chi connectivity index (χ0n) is 20.8. The topological polar surface area (TPSA) is 127 Å². The van der Waals surface area contributed by atoms with E-state index in [0.717, 1.165) is 0 Å². The number of rotatable bonds is 11. The van der Waals surface area contributed by atoms with Crippen molar-refractivity contribution in [3.8, 4) is 17.2 Å². The van der Waals surface area contributed by atoms with Gasteiger partial charge in [0, 0.05) is 11.3 Å². The van der Waals surface area contributed by atoms with Crippen LogP contribution in [0.2, 0.25) is 0 Å². The number of hydrazine groups is 1. The summed E-state index contributed by atoms with van der Waals surface area (Å²) in [4.78, 5) is 37.9. The first kappa shape index (κ1) is 27.3. The third-order valence-corrected chi connectivity index (χ3v) is 4.74. The summed E-state index contributed by atoms with van der Waals surface area (Å²) < 4.78 is 16.9. The Morgan fingerprint density at radius 2 is 1.40 bits per heavy atom. The predicted molar refractivity (Wildman–Crippen MR) is 133 cm³/mol. The first-order chi connectivity index (χ1) is 16.8. The van der Waals surface area contributed by atoms with E-state index in [2.05, 4.69) is 21.5 Å². The fourth-order valence-electron chi connectivity index (χ4n) is 3.15. The number of amides is 4. The quantitative estimate of drug-likeness (QED) is 0.360. The highest BCUT2D eigenvalue weighted by atomic mass is 16.5.